The van der Waals surface area contributed by atoms with E-state index in [1.165, 1.54) is 4.31 Å². The van der Waals surface area contributed by atoms with Gasteiger partial charge >= 0.3 is 0 Å². The van der Waals surface area contributed by atoms with E-state index in [2.05, 4.69) is 24.1 Å². The fourth-order valence-corrected chi connectivity index (χ4v) is 4.97. The first-order chi connectivity index (χ1) is 14.3. The van der Waals surface area contributed by atoms with Crippen molar-refractivity contribution in [3.8, 4) is 5.88 Å². The molecule has 2 aromatic rings. The highest BCUT2D eigenvalue weighted by atomic mass is 32.2. The van der Waals surface area contributed by atoms with E-state index in [-0.39, 0.29) is 11.8 Å². The number of carbonyl (C=O) groups excluding carboxylic acids is 1. The van der Waals surface area contributed by atoms with Gasteiger partial charge in [-0.25, -0.2) is 13.4 Å². The largest absolute Gasteiger partial charge is 0.476 e. The van der Waals surface area contributed by atoms with Crippen LogP contribution in [0.3, 0.4) is 0 Å². The lowest BCUT2D eigenvalue weighted by atomic mass is 9.97. The summed E-state index contributed by atoms with van der Waals surface area (Å²) in [5.41, 5.74) is 1.63. The van der Waals surface area contributed by atoms with Crippen molar-refractivity contribution in [3.63, 3.8) is 0 Å². The molecule has 162 valence electrons. The number of ether oxygens (including phenoxy) is 1. The lowest BCUT2D eigenvalue weighted by Gasteiger charge is -2.30. The number of rotatable bonds is 7. The molecule has 1 aromatic heterocycles. The normalized spacial score (nSPS) is 15.9. The molecule has 0 aliphatic carbocycles. The predicted molar refractivity (Wildman–Crippen MR) is 116 cm³/mol. The van der Waals surface area contributed by atoms with Gasteiger partial charge < -0.3 is 10.1 Å². The van der Waals surface area contributed by atoms with Gasteiger partial charge in [0.2, 0.25) is 21.8 Å². The van der Waals surface area contributed by atoms with Crippen molar-refractivity contribution in [2.24, 2.45) is 5.92 Å². The van der Waals surface area contributed by atoms with Crippen molar-refractivity contribution in [1.29, 1.82) is 0 Å². The number of hydrogen-bond donors (Lipinski definition) is 1. The van der Waals surface area contributed by atoms with E-state index in [4.69, 9.17) is 4.74 Å². The van der Waals surface area contributed by atoms with Crippen LogP contribution in [0.4, 0.5) is 5.69 Å². The summed E-state index contributed by atoms with van der Waals surface area (Å²) in [6, 6.07) is 10.5. The number of carbonyl (C=O) groups is 1. The molecule has 1 saturated heterocycles. The molecular weight excluding hydrogens is 402 g/mol. The van der Waals surface area contributed by atoms with E-state index in [1.54, 1.807) is 30.5 Å². The topological polar surface area (TPSA) is 88.6 Å². The maximum absolute atomic E-state index is 13.0. The molecule has 1 fully saturated rings. The number of benzene rings is 1. The molecule has 0 saturated carbocycles. The van der Waals surface area contributed by atoms with Crippen LogP contribution < -0.4 is 10.1 Å². The molecule has 1 aliphatic rings. The third kappa shape index (κ3) is 4.99. The first-order valence-electron chi connectivity index (χ1n) is 10.3. The van der Waals surface area contributed by atoms with Crippen LogP contribution in [0.15, 0.2) is 47.5 Å². The molecule has 2 heterocycles. The first-order valence-corrected chi connectivity index (χ1v) is 11.8. The zero-order chi connectivity index (χ0) is 21.7. The second-order valence-electron chi connectivity index (χ2n) is 7.68. The molecule has 0 spiro atoms. The molecule has 0 radical (unpaired) electrons. The molecule has 0 unspecified atom stereocenters. The van der Waals surface area contributed by atoms with Gasteiger partial charge in [0.15, 0.2) is 0 Å². The Labute approximate surface area is 178 Å². The fourth-order valence-electron chi connectivity index (χ4n) is 3.50. The lowest BCUT2D eigenvalue weighted by molar-refractivity contribution is -0.120. The molecule has 1 N–H and O–H groups in total. The summed E-state index contributed by atoms with van der Waals surface area (Å²) in [6.07, 6.45) is 2.55. The van der Waals surface area contributed by atoms with Crippen LogP contribution in [-0.2, 0) is 14.8 Å². The minimum Gasteiger partial charge on any atom is -0.476 e. The maximum Gasteiger partial charge on any atom is 0.243 e. The number of pyridine rings is 1. The highest BCUT2D eigenvalue weighted by molar-refractivity contribution is 7.89. The molecule has 30 heavy (non-hydrogen) atoms. The molecule has 8 heteroatoms. The van der Waals surface area contributed by atoms with Crippen LogP contribution >= 0.6 is 0 Å². The van der Waals surface area contributed by atoms with E-state index in [1.807, 2.05) is 19.1 Å². The van der Waals surface area contributed by atoms with Crippen LogP contribution in [-0.4, -0.2) is 43.3 Å². The number of nitrogens with one attached hydrogen (secondary N) is 1. The molecule has 1 aliphatic heterocycles. The van der Waals surface area contributed by atoms with E-state index in [0.717, 1.165) is 5.56 Å². The predicted octanol–water partition coefficient (Wildman–Crippen LogP) is 3.64. The highest BCUT2D eigenvalue weighted by Gasteiger charge is 2.32. The summed E-state index contributed by atoms with van der Waals surface area (Å²) < 4.78 is 32.8. The highest BCUT2D eigenvalue weighted by Crippen LogP contribution is 2.27. The van der Waals surface area contributed by atoms with E-state index in [0.29, 0.717) is 54.9 Å². The number of amides is 1. The van der Waals surface area contributed by atoms with Crippen LogP contribution in [0.1, 0.15) is 45.1 Å². The maximum atomic E-state index is 13.0. The zero-order valence-electron chi connectivity index (χ0n) is 17.7. The Morgan fingerprint density at radius 1 is 1.20 bits per heavy atom. The Balaban J connectivity index is 1.62. The number of piperidine rings is 1. The number of hydrogen-bond acceptors (Lipinski definition) is 5. The fraction of sp³-hybridized carbons (Fsp3) is 0.455. The van der Waals surface area contributed by atoms with E-state index < -0.39 is 10.0 Å². The van der Waals surface area contributed by atoms with Crippen molar-refractivity contribution in [3.05, 3.63) is 48.2 Å². The van der Waals surface area contributed by atoms with Crippen molar-refractivity contribution in [1.82, 2.24) is 9.29 Å². The van der Waals surface area contributed by atoms with Gasteiger partial charge in [0.1, 0.15) is 5.69 Å². The molecule has 1 amide bonds. The summed E-state index contributed by atoms with van der Waals surface area (Å²) in [6.45, 7) is 7.08. The smallest absolute Gasteiger partial charge is 0.243 e. The Bertz CT molecular complexity index is 966. The zero-order valence-corrected chi connectivity index (χ0v) is 18.5. The SMILES string of the molecule is CCOc1ncccc1NC(=O)C1CCN(S(=O)(=O)c2ccc(C(C)C)cc2)CC1. The Kier molecular flexibility index (Phi) is 7.10. The van der Waals surface area contributed by atoms with Crippen molar-refractivity contribution in [2.75, 3.05) is 25.0 Å². The van der Waals surface area contributed by atoms with Crippen LogP contribution in [0.5, 0.6) is 5.88 Å². The van der Waals surface area contributed by atoms with Crippen LogP contribution in [0, 0.1) is 5.92 Å². The van der Waals surface area contributed by atoms with Gasteiger partial charge in [0, 0.05) is 25.2 Å². The Morgan fingerprint density at radius 2 is 1.87 bits per heavy atom. The molecule has 0 bridgehead atoms. The van der Waals surface area contributed by atoms with Gasteiger partial charge in [0.25, 0.3) is 0 Å². The van der Waals surface area contributed by atoms with Gasteiger partial charge in [-0.3, -0.25) is 4.79 Å². The summed E-state index contributed by atoms with van der Waals surface area (Å²) in [5, 5.41) is 2.87. The monoisotopic (exact) mass is 431 g/mol. The number of sulfonamides is 1. The summed E-state index contributed by atoms with van der Waals surface area (Å²) in [5.74, 6) is 0.342. The molecule has 0 atom stereocenters. The van der Waals surface area contributed by atoms with E-state index >= 15 is 0 Å². The lowest BCUT2D eigenvalue weighted by Crippen LogP contribution is -2.41. The Morgan fingerprint density at radius 3 is 2.47 bits per heavy atom. The van der Waals surface area contributed by atoms with Gasteiger partial charge in [-0.2, -0.15) is 4.31 Å². The minimum atomic E-state index is -3.55. The average Bonchev–Trinajstić information content (AvgIpc) is 2.75. The second kappa shape index (κ2) is 9.57. The summed E-state index contributed by atoms with van der Waals surface area (Å²) in [7, 11) is -3.55. The quantitative estimate of drug-likeness (QED) is 0.723. The number of aromatic nitrogens is 1. The van der Waals surface area contributed by atoms with Crippen molar-refractivity contribution in [2.45, 2.75) is 44.4 Å². The summed E-state index contributed by atoms with van der Waals surface area (Å²) in [4.78, 5) is 17.1. The van der Waals surface area contributed by atoms with Gasteiger partial charge in [-0.15, -0.1) is 0 Å². The second-order valence-corrected chi connectivity index (χ2v) is 9.62. The van der Waals surface area contributed by atoms with Crippen molar-refractivity contribution < 1.29 is 17.9 Å². The number of anilines is 1. The average molecular weight is 432 g/mol. The van der Waals surface area contributed by atoms with Gasteiger partial charge in [-0.05, 0) is 55.5 Å². The van der Waals surface area contributed by atoms with Gasteiger partial charge in [0.05, 0.1) is 11.5 Å². The van der Waals surface area contributed by atoms with Crippen molar-refractivity contribution >= 4 is 21.6 Å². The molecule has 1 aromatic carbocycles. The minimum absolute atomic E-state index is 0.137. The molecule has 3 rings (SSSR count). The standard InChI is InChI=1S/C22H29N3O4S/c1-4-29-22-20(6-5-13-23-22)24-21(26)18-11-14-25(15-12-18)30(27,28)19-9-7-17(8-10-19)16(2)3/h5-10,13,16,18H,4,11-12,14-15H2,1-3H3,(H,24,26). The van der Waals surface area contributed by atoms with Crippen LogP contribution in [0.2, 0.25) is 0 Å². The first kappa shape index (κ1) is 22.2. The molecular formula is C22H29N3O4S. The van der Waals surface area contributed by atoms with Crippen LogP contribution in [0.25, 0.3) is 0 Å². The van der Waals surface area contributed by atoms with E-state index in [9.17, 15) is 13.2 Å². The third-order valence-electron chi connectivity index (χ3n) is 5.32. The molecule has 7 nitrogen and oxygen atoms in total. The Hall–Kier alpha value is -2.45. The number of nitrogens with zero attached hydrogens (tertiary/aromatic N) is 2. The van der Waals surface area contributed by atoms with Gasteiger partial charge in [-0.1, -0.05) is 26.0 Å². The third-order valence-corrected chi connectivity index (χ3v) is 7.23. The summed E-state index contributed by atoms with van der Waals surface area (Å²) >= 11 is 0.